The van der Waals surface area contributed by atoms with Crippen LogP contribution < -0.4 is 16.2 Å². The molecule has 14 heteroatoms. The summed E-state index contributed by atoms with van der Waals surface area (Å²) < 4.78 is 33.5. The van der Waals surface area contributed by atoms with Gasteiger partial charge in [0.05, 0.1) is 30.4 Å². The highest BCUT2D eigenvalue weighted by atomic mass is 32.2. The number of anilines is 1. The smallest absolute Gasteiger partial charge is 0.289 e. The van der Waals surface area contributed by atoms with Crippen LogP contribution in [0.25, 0.3) is 28.0 Å². The van der Waals surface area contributed by atoms with E-state index in [4.69, 9.17) is 26.6 Å². The average Bonchev–Trinajstić information content (AvgIpc) is 3.58. The third kappa shape index (κ3) is 4.94. The molecule has 3 aromatic heterocycles. The topological polar surface area (TPSA) is 195 Å². The Labute approximate surface area is 254 Å². The summed E-state index contributed by atoms with van der Waals surface area (Å²) in [6.45, 7) is 1.57. The van der Waals surface area contributed by atoms with Gasteiger partial charge in [-0.15, -0.1) is 0 Å². The second kappa shape index (κ2) is 11.3. The molecule has 0 spiro atoms. The standard InChI is InChI=1S/C30H33N9O4S/c1-3-44(41,42)26-25(19-12-20-7-8-21(13-19)38(20)30(40)27(32)35-16-31)37-29-23(15-36-39(29)28(26)33)18-6-11-24(34-14-18)17-4-9-22(43-2)10-5-17/h4-6,9-11,14-16,19-21H,3,7-8,12-13,33H2,1-2H3,(H3,31,32,35). The molecule has 1 amide bonds. The van der Waals surface area contributed by atoms with Gasteiger partial charge in [-0.25, -0.2) is 18.4 Å². The van der Waals surface area contributed by atoms with E-state index in [1.165, 1.54) is 4.52 Å². The number of amidine groups is 1. The van der Waals surface area contributed by atoms with Crippen LogP contribution in [0.15, 0.2) is 58.7 Å². The number of pyridine rings is 1. The van der Waals surface area contributed by atoms with Crippen LogP contribution >= 0.6 is 0 Å². The number of benzene rings is 1. The lowest BCUT2D eigenvalue weighted by Crippen LogP contribution is -2.50. The normalized spacial score (nSPS) is 20.2. The number of piperidine rings is 1. The Bertz CT molecular complexity index is 1870. The molecule has 2 aliphatic rings. The number of rotatable bonds is 7. The molecule has 2 atom stereocenters. The van der Waals surface area contributed by atoms with Crippen molar-refractivity contribution in [1.82, 2.24) is 24.5 Å². The summed E-state index contributed by atoms with van der Waals surface area (Å²) in [5.41, 5.74) is 16.4. The van der Waals surface area contributed by atoms with Gasteiger partial charge >= 0.3 is 0 Å². The van der Waals surface area contributed by atoms with E-state index in [0.29, 0.717) is 29.7 Å². The highest BCUT2D eigenvalue weighted by molar-refractivity contribution is 7.91. The van der Waals surface area contributed by atoms with Crippen molar-refractivity contribution in [1.29, 1.82) is 5.41 Å². The summed E-state index contributed by atoms with van der Waals surface area (Å²) in [5, 5.41) is 11.6. The third-order valence-electron chi connectivity index (χ3n) is 8.59. The minimum absolute atomic E-state index is 0.00845. The number of hydrogen-bond donors (Lipinski definition) is 3. The first kappa shape index (κ1) is 29.2. The molecular weight excluding hydrogens is 582 g/mol. The fourth-order valence-electron chi connectivity index (χ4n) is 6.44. The first-order valence-corrected chi connectivity index (χ1v) is 16.0. The van der Waals surface area contributed by atoms with E-state index in [2.05, 4.69) is 15.1 Å². The number of carbonyl (C=O) groups is 1. The number of aliphatic imine (C=N–C) groups is 1. The molecular formula is C30H33N9O4S. The molecule has 2 saturated heterocycles. The second-order valence-corrected chi connectivity index (χ2v) is 13.2. The number of nitrogens with one attached hydrogen (secondary N) is 1. The summed E-state index contributed by atoms with van der Waals surface area (Å²) >= 11 is 0. The van der Waals surface area contributed by atoms with Crippen molar-refractivity contribution in [3.05, 3.63) is 54.5 Å². The van der Waals surface area contributed by atoms with Crippen molar-refractivity contribution in [3.63, 3.8) is 0 Å². The number of sulfone groups is 1. The Morgan fingerprint density at radius 2 is 1.80 bits per heavy atom. The van der Waals surface area contributed by atoms with Crippen LogP contribution in [0.4, 0.5) is 5.82 Å². The van der Waals surface area contributed by atoms with Crippen molar-refractivity contribution in [2.45, 2.75) is 55.5 Å². The minimum atomic E-state index is -3.78. The number of nitrogens with zero attached hydrogens (tertiary/aromatic N) is 6. The lowest BCUT2D eigenvalue weighted by molar-refractivity contribution is -0.128. The van der Waals surface area contributed by atoms with Gasteiger partial charge in [0.15, 0.2) is 21.3 Å². The Morgan fingerprint density at radius 3 is 2.39 bits per heavy atom. The van der Waals surface area contributed by atoms with Gasteiger partial charge in [-0.1, -0.05) is 13.0 Å². The second-order valence-electron chi connectivity index (χ2n) is 11.0. The molecule has 4 aromatic rings. The van der Waals surface area contributed by atoms with Gasteiger partial charge in [0.1, 0.15) is 22.8 Å². The molecule has 2 unspecified atom stereocenters. The molecule has 1 aromatic carbocycles. The van der Waals surface area contributed by atoms with Gasteiger partial charge in [0.2, 0.25) is 0 Å². The van der Waals surface area contributed by atoms with E-state index >= 15 is 0 Å². The summed E-state index contributed by atoms with van der Waals surface area (Å²) in [6, 6.07) is 11.1. The summed E-state index contributed by atoms with van der Waals surface area (Å²) in [6.07, 6.45) is 6.59. The molecule has 6 rings (SSSR count). The molecule has 0 aliphatic carbocycles. The van der Waals surface area contributed by atoms with Gasteiger partial charge in [0, 0.05) is 40.9 Å². The predicted molar refractivity (Wildman–Crippen MR) is 166 cm³/mol. The molecule has 0 radical (unpaired) electrons. The highest BCUT2D eigenvalue weighted by Gasteiger charge is 2.46. The number of carbonyl (C=O) groups excluding carboxylic acids is 1. The van der Waals surface area contributed by atoms with Gasteiger partial charge in [-0.3, -0.25) is 15.2 Å². The highest BCUT2D eigenvalue weighted by Crippen LogP contribution is 2.45. The maximum atomic E-state index is 13.4. The Morgan fingerprint density at radius 1 is 1.11 bits per heavy atom. The van der Waals surface area contributed by atoms with Crippen molar-refractivity contribution >= 4 is 39.4 Å². The molecule has 2 fully saturated rings. The van der Waals surface area contributed by atoms with Crippen LogP contribution in [-0.4, -0.2) is 75.9 Å². The van der Waals surface area contributed by atoms with E-state index in [9.17, 15) is 13.2 Å². The number of hydrogen-bond acceptors (Lipinski definition) is 9. The van der Waals surface area contributed by atoms with E-state index < -0.39 is 15.7 Å². The maximum Gasteiger partial charge on any atom is 0.289 e. The number of fused-ring (bicyclic) bond motifs is 3. The van der Waals surface area contributed by atoms with Gasteiger partial charge in [-0.2, -0.15) is 9.61 Å². The molecule has 2 aliphatic heterocycles. The molecule has 228 valence electrons. The Hall–Kier alpha value is -4.85. The molecule has 5 heterocycles. The van der Waals surface area contributed by atoms with E-state index in [0.717, 1.165) is 41.8 Å². The number of ether oxygens (including phenoxy) is 1. The Balaban J connectivity index is 1.40. The van der Waals surface area contributed by atoms with Crippen molar-refractivity contribution < 1.29 is 17.9 Å². The number of nitrogens with two attached hydrogens (primary N) is 2. The van der Waals surface area contributed by atoms with Crippen LogP contribution in [0.5, 0.6) is 5.75 Å². The fourth-order valence-corrected chi connectivity index (χ4v) is 7.66. The van der Waals surface area contributed by atoms with Crippen LogP contribution in [0.1, 0.15) is 44.2 Å². The molecule has 5 N–H and O–H groups in total. The summed E-state index contributed by atoms with van der Waals surface area (Å²) in [5.74, 6) is -0.292. The molecule has 13 nitrogen and oxygen atoms in total. The van der Waals surface area contributed by atoms with Crippen LogP contribution in [0, 0.1) is 5.41 Å². The molecule has 2 bridgehead atoms. The fraction of sp³-hybridized carbons (Fsp3) is 0.333. The molecule has 0 saturated carbocycles. The SMILES string of the molecule is CCS(=O)(=O)c1c(C2CC3CCC(C2)N3C(=O)C(N)=NC=N)nc2c(-c3ccc(-c4ccc(OC)cc4)nc3)cnn2c1N. The quantitative estimate of drug-likeness (QED) is 0.207. The van der Waals surface area contributed by atoms with Gasteiger partial charge in [-0.05, 0) is 56.0 Å². The van der Waals surface area contributed by atoms with Crippen LogP contribution in [0.2, 0.25) is 0 Å². The first-order valence-electron chi connectivity index (χ1n) is 14.3. The van der Waals surface area contributed by atoms with Gasteiger partial charge < -0.3 is 21.1 Å². The number of aromatic nitrogens is 4. The zero-order valence-electron chi connectivity index (χ0n) is 24.3. The van der Waals surface area contributed by atoms with Crippen molar-refractivity contribution in [2.75, 3.05) is 18.6 Å². The van der Waals surface area contributed by atoms with Crippen molar-refractivity contribution in [2.24, 2.45) is 10.7 Å². The largest absolute Gasteiger partial charge is 0.497 e. The monoisotopic (exact) mass is 615 g/mol. The number of nitrogen functional groups attached to an aromatic ring is 1. The lowest BCUT2D eigenvalue weighted by Gasteiger charge is -2.39. The van der Waals surface area contributed by atoms with E-state index in [1.54, 1.807) is 31.3 Å². The number of amides is 1. The lowest BCUT2D eigenvalue weighted by atomic mass is 9.87. The maximum absolute atomic E-state index is 13.4. The summed E-state index contributed by atoms with van der Waals surface area (Å²) in [4.78, 5) is 28.0. The minimum Gasteiger partial charge on any atom is -0.497 e. The zero-order chi connectivity index (χ0) is 31.2. The molecule has 44 heavy (non-hydrogen) atoms. The Kier molecular flexibility index (Phi) is 7.53. The first-order chi connectivity index (χ1) is 21.2. The number of methoxy groups -OCH3 is 1. The van der Waals surface area contributed by atoms with Crippen LogP contribution in [0.3, 0.4) is 0 Å². The van der Waals surface area contributed by atoms with Crippen molar-refractivity contribution in [3.8, 4) is 28.1 Å². The van der Waals surface area contributed by atoms with E-state index in [1.807, 2.05) is 36.4 Å². The average molecular weight is 616 g/mol. The predicted octanol–water partition coefficient (Wildman–Crippen LogP) is 3.04. The summed E-state index contributed by atoms with van der Waals surface area (Å²) in [7, 11) is -2.16. The third-order valence-corrected chi connectivity index (χ3v) is 10.4. The zero-order valence-corrected chi connectivity index (χ0v) is 25.2. The van der Waals surface area contributed by atoms with E-state index in [-0.39, 0.29) is 40.3 Å². The van der Waals surface area contributed by atoms with Gasteiger partial charge in [0.25, 0.3) is 5.91 Å². The van der Waals surface area contributed by atoms with Crippen LogP contribution in [-0.2, 0) is 14.6 Å².